The van der Waals surface area contributed by atoms with E-state index in [4.69, 9.17) is 9.47 Å². The fraction of sp³-hybridized carbons (Fsp3) is 0.714. The number of ether oxygens (including phenoxy) is 2. The summed E-state index contributed by atoms with van der Waals surface area (Å²) in [5.74, 6) is 0.0360. The highest BCUT2D eigenvalue weighted by molar-refractivity contribution is 5.89. The van der Waals surface area contributed by atoms with Crippen molar-refractivity contribution in [2.45, 2.75) is 0 Å². The van der Waals surface area contributed by atoms with Gasteiger partial charge in [-0.05, 0) is 0 Å². The van der Waals surface area contributed by atoms with Crippen LogP contribution in [-0.4, -0.2) is 55.9 Å². The number of methoxy groups -OCH3 is 2. The van der Waals surface area contributed by atoms with E-state index < -0.39 is 0 Å². The largest absolute Gasteiger partial charge is 0.352 e. The van der Waals surface area contributed by atoms with Crippen LogP contribution in [0.25, 0.3) is 0 Å². The topological polar surface area (TPSA) is 41.8 Å². The summed E-state index contributed by atoms with van der Waals surface area (Å²) in [5, 5.41) is 0. The molecule has 0 radical (unpaired) electrons. The van der Waals surface area contributed by atoms with Crippen LogP contribution in [0.3, 0.4) is 0 Å². The summed E-state index contributed by atoms with van der Waals surface area (Å²) < 4.78 is 11.5. The second kappa shape index (κ2) is 4.18. The minimum absolute atomic E-state index is 0.0360. The van der Waals surface area contributed by atoms with E-state index in [2.05, 4.69) is 0 Å². The van der Waals surface area contributed by atoms with Crippen LogP contribution in [-0.2, 0) is 14.3 Å². The molecule has 0 atom stereocenters. The fourth-order valence-electron chi connectivity index (χ4n) is 1.06. The van der Waals surface area contributed by atoms with Crippen molar-refractivity contribution >= 4 is 12.2 Å². The van der Waals surface area contributed by atoms with E-state index in [0.29, 0.717) is 20.0 Å². The number of carbonyl (C=O) groups is 1. The Balaban J connectivity index is 2.48. The van der Waals surface area contributed by atoms with Gasteiger partial charge in [-0.3, -0.25) is 0 Å². The molecule has 0 unspecified atom stereocenters. The third-order valence-electron chi connectivity index (χ3n) is 1.52. The Morgan fingerprint density at radius 2 is 2.33 bits per heavy atom. The Labute approximate surface area is 71.2 Å². The van der Waals surface area contributed by atoms with E-state index in [9.17, 15) is 4.79 Å². The quantitative estimate of drug-likeness (QED) is 0.516. The molecule has 0 aliphatic carbocycles. The van der Waals surface area contributed by atoms with Gasteiger partial charge in [0.15, 0.2) is 20.0 Å². The summed E-state index contributed by atoms with van der Waals surface area (Å²) in [6.45, 7) is 1.11. The number of hydrogen-bond donors (Lipinski definition) is 0. The van der Waals surface area contributed by atoms with Crippen LogP contribution in [0.5, 0.6) is 0 Å². The molecular formula is C7H13N2O3+. The van der Waals surface area contributed by atoms with Gasteiger partial charge in [-0.1, -0.05) is 0 Å². The van der Waals surface area contributed by atoms with E-state index in [1.807, 2.05) is 0 Å². The van der Waals surface area contributed by atoms with E-state index in [-0.39, 0.29) is 5.91 Å². The lowest BCUT2D eigenvalue weighted by molar-refractivity contribution is -0.547. The zero-order chi connectivity index (χ0) is 8.97. The minimum Gasteiger partial charge on any atom is -0.345 e. The molecule has 0 saturated heterocycles. The van der Waals surface area contributed by atoms with Gasteiger partial charge in [0.05, 0.1) is 0 Å². The summed E-state index contributed by atoms with van der Waals surface area (Å²) in [5.41, 5.74) is 0. The van der Waals surface area contributed by atoms with Gasteiger partial charge >= 0.3 is 5.91 Å². The summed E-state index contributed by atoms with van der Waals surface area (Å²) in [6, 6.07) is 0. The summed E-state index contributed by atoms with van der Waals surface area (Å²) in [4.78, 5) is 12.7. The van der Waals surface area contributed by atoms with Gasteiger partial charge in [0.25, 0.3) is 0 Å². The first-order valence-electron chi connectivity index (χ1n) is 3.64. The fourth-order valence-corrected chi connectivity index (χ4v) is 1.06. The molecule has 0 bridgehead atoms. The summed E-state index contributed by atoms with van der Waals surface area (Å²) in [6.07, 6.45) is 1.70. The van der Waals surface area contributed by atoms with Crippen LogP contribution >= 0.6 is 0 Å². The maximum Gasteiger partial charge on any atom is 0.352 e. The van der Waals surface area contributed by atoms with Gasteiger partial charge in [0.2, 0.25) is 6.34 Å². The molecule has 0 aromatic rings. The average Bonchev–Trinajstić information content (AvgIpc) is 2.34. The van der Waals surface area contributed by atoms with Gasteiger partial charge in [-0.15, -0.1) is 0 Å². The van der Waals surface area contributed by atoms with Crippen molar-refractivity contribution < 1.29 is 18.8 Å². The van der Waals surface area contributed by atoms with Gasteiger partial charge in [0, 0.05) is 14.2 Å². The van der Waals surface area contributed by atoms with E-state index in [1.165, 1.54) is 4.90 Å². The molecule has 0 aromatic carbocycles. The molecule has 1 rings (SSSR count). The molecule has 5 heteroatoms. The predicted molar refractivity (Wildman–Crippen MR) is 41.8 cm³/mol. The standard InChI is InChI=1S/C7H13N2O3/c1-11-5-8-3-7(10)9(4-8)6-12-2/h4H,3,5-6H2,1-2H3/q+1. The molecule has 5 nitrogen and oxygen atoms in total. The third kappa shape index (κ3) is 2.02. The van der Waals surface area contributed by atoms with E-state index in [0.717, 1.165) is 0 Å². The first-order valence-corrected chi connectivity index (χ1v) is 3.64. The van der Waals surface area contributed by atoms with Crippen LogP contribution in [0, 0.1) is 0 Å². The second-order valence-electron chi connectivity index (χ2n) is 2.56. The van der Waals surface area contributed by atoms with Gasteiger partial charge < -0.3 is 9.47 Å². The summed E-state index contributed by atoms with van der Waals surface area (Å²) in [7, 11) is 3.15. The number of rotatable bonds is 4. The zero-order valence-corrected chi connectivity index (χ0v) is 7.32. The van der Waals surface area contributed by atoms with Gasteiger partial charge in [-0.25, -0.2) is 9.37 Å². The maximum atomic E-state index is 11.2. The van der Waals surface area contributed by atoms with Crippen molar-refractivity contribution in [2.75, 3.05) is 34.2 Å². The van der Waals surface area contributed by atoms with Crippen LogP contribution in [0.15, 0.2) is 0 Å². The third-order valence-corrected chi connectivity index (χ3v) is 1.52. The lowest BCUT2D eigenvalue weighted by Gasteiger charge is -2.00. The Bertz CT molecular complexity index is 203. The highest BCUT2D eigenvalue weighted by atomic mass is 16.5. The number of amides is 1. The first-order chi connectivity index (χ1) is 5.77. The molecule has 0 N–H and O–H groups in total. The molecule has 1 aliphatic heterocycles. The van der Waals surface area contributed by atoms with Crippen LogP contribution < -0.4 is 0 Å². The van der Waals surface area contributed by atoms with Crippen molar-refractivity contribution in [3.63, 3.8) is 0 Å². The highest BCUT2D eigenvalue weighted by Crippen LogP contribution is 1.95. The smallest absolute Gasteiger partial charge is 0.345 e. The number of nitrogens with zero attached hydrogens (tertiary/aromatic N) is 2. The van der Waals surface area contributed by atoms with Gasteiger partial charge in [0.1, 0.15) is 0 Å². The number of hydrogen-bond acceptors (Lipinski definition) is 3. The van der Waals surface area contributed by atoms with Gasteiger partial charge in [-0.2, -0.15) is 4.90 Å². The Morgan fingerprint density at radius 1 is 1.58 bits per heavy atom. The normalized spacial score (nSPS) is 17.0. The van der Waals surface area contributed by atoms with Crippen molar-refractivity contribution in [1.29, 1.82) is 0 Å². The Kier molecular flexibility index (Phi) is 3.19. The minimum atomic E-state index is 0.0360. The lowest BCUT2D eigenvalue weighted by Crippen LogP contribution is -2.27. The molecule has 1 heterocycles. The van der Waals surface area contributed by atoms with Crippen molar-refractivity contribution in [2.24, 2.45) is 0 Å². The predicted octanol–water partition coefficient (Wildman–Crippen LogP) is -0.923. The average molecular weight is 173 g/mol. The molecule has 0 fully saturated rings. The molecule has 12 heavy (non-hydrogen) atoms. The van der Waals surface area contributed by atoms with Crippen LogP contribution in [0.1, 0.15) is 0 Å². The number of carbonyl (C=O) groups excluding carboxylic acids is 1. The monoisotopic (exact) mass is 173 g/mol. The molecule has 0 saturated carbocycles. The second-order valence-corrected chi connectivity index (χ2v) is 2.56. The SMILES string of the molecule is COCN1C=[N+](COC)CC1=O. The van der Waals surface area contributed by atoms with Crippen molar-refractivity contribution in [1.82, 2.24) is 4.90 Å². The Morgan fingerprint density at radius 3 is 2.92 bits per heavy atom. The lowest BCUT2D eigenvalue weighted by atomic mass is 10.6. The molecule has 0 spiro atoms. The molecule has 0 aromatic heterocycles. The molecule has 68 valence electrons. The zero-order valence-electron chi connectivity index (χ0n) is 7.32. The molecular weight excluding hydrogens is 160 g/mol. The molecule has 1 amide bonds. The first kappa shape index (κ1) is 9.15. The highest BCUT2D eigenvalue weighted by Gasteiger charge is 2.28. The van der Waals surface area contributed by atoms with Crippen LogP contribution in [0.4, 0.5) is 0 Å². The Hall–Kier alpha value is -0.940. The van der Waals surface area contributed by atoms with E-state index >= 15 is 0 Å². The summed E-state index contributed by atoms with van der Waals surface area (Å²) >= 11 is 0. The maximum absolute atomic E-state index is 11.2. The van der Waals surface area contributed by atoms with Crippen LogP contribution in [0.2, 0.25) is 0 Å². The van der Waals surface area contributed by atoms with Crippen molar-refractivity contribution in [3.05, 3.63) is 0 Å². The van der Waals surface area contributed by atoms with Crippen molar-refractivity contribution in [3.8, 4) is 0 Å². The van der Waals surface area contributed by atoms with E-state index in [1.54, 1.807) is 25.1 Å². The molecule has 1 aliphatic rings.